The van der Waals surface area contributed by atoms with Gasteiger partial charge in [-0.05, 0) is 48.0 Å². The SMILES string of the molecule is CCOCCCNC(=O)c1ccc(-n2cnnn2)cc1. The molecule has 0 spiro atoms. The highest BCUT2D eigenvalue weighted by atomic mass is 16.5. The predicted molar refractivity (Wildman–Crippen MR) is 72.6 cm³/mol. The van der Waals surface area contributed by atoms with Gasteiger partial charge in [0.15, 0.2) is 0 Å². The van der Waals surface area contributed by atoms with E-state index in [9.17, 15) is 4.79 Å². The highest BCUT2D eigenvalue weighted by molar-refractivity contribution is 5.94. The Morgan fingerprint density at radius 1 is 1.35 bits per heavy atom. The van der Waals surface area contributed by atoms with Crippen LogP contribution in [0.15, 0.2) is 30.6 Å². The highest BCUT2D eigenvalue weighted by Gasteiger charge is 2.05. The quantitative estimate of drug-likeness (QED) is 0.756. The highest BCUT2D eigenvalue weighted by Crippen LogP contribution is 2.07. The number of aromatic nitrogens is 4. The third-order valence-electron chi connectivity index (χ3n) is 2.70. The molecular formula is C13H17N5O2. The van der Waals surface area contributed by atoms with Gasteiger partial charge in [-0.25, -0.2) is 4.68 Å². The van der Waals surface area contributed by atoms with Crippen molar-refractivity contribution >= 4 is 5.91 Å². The van der Waals surface area contributed by atoms with E-state index in [1.165, 1.54) is 11.0 Å². The van der Waals surface area contributed by atoms with Crippen LogP contribution in [0.25, 0.3) is 5.69 Å². The lowest BCUT2D eigenvalue weighted by molar-refractivity contribution is 0.0944. The lowest BCUT2D eigenvalue weighted by Crippen LogP contribution is -2.25. The molecule has 1 aromatic heterocycles. The third kappa shape index (κ3) is 3.86. The first-order valence-electron chi connectivity index (χ1n) is 6.50. The normalized spacial score (nSPS) is 10.4. The van der Waals surface area contributed by atoms with Crippen molar-refractivity contribution < 1.29 is 9.53 Å². The summed E-state index contributed by atoms with van der Waals surface area (Å²) in [5, 5.41) is 13.8. The van der Waals surface area contributed by atoms with Crippen LogP contribution in [0.1, 0.15) is 23.7 Å². The monoisotopic (exact) mass is 275 g/mol. The number of carbonyl (C=O) groups is 1. The van der Waals surface area contributed by atoms with Gasteiger partial charge in [0.2, 0.25) is 0 Å². The summed E-state index contributed by atoms with van der Waals surface area (Å²) in [4.78, 5) is 11.9. The molecule has 7 nitrogen and oxygen atoms in total. The second kappa shape index (κ2) is 7.34. The Morgan fingerprint density at radius 2 is 2.15 bits per heavy atom. The molecular weight excluding hydrogens is 258 g/mol. The number of carbonyl (C=O) groups excluding carboxylic acids is 1. The fraction of sp³-hybridized carbons (Fsp3) is 0.385. The average Bonchev–Trinajstić information content (AvgIpc) is 3.01. The van der Waals surface area contributed by atoms with Crippen LogP contribution in [0.4, 0.5) is 0 Å². The molecule has 106 valence electrons. The van der Waals surface area contributed by atoms with E-state index in [0.29, 0.717) is 25.3 Å². The Balaban J connectivity index is 1.85. The number of amides is 1. The molecule has 0 atom stereocenters. The molecule has 0 saturated carbocycles. The van der Waals surface area contributed by atoms with Gasteiger partial charge in [-0.15, -0.1) is 5.10 Å². The van der Waals surface area contributed by atoms with Crippen molar-refractivity contribution in [1.29, 1.82) is 0 Å². The van der Waals surface area contributed by atoms with E-state index in [1.54, 1.807) is 24.3 Å². The smallest absolute Gasteiger partial charge is 0.251 e. The first kappa shape index (κ1) is 14.1. The molecule has 2 rings (SSSR count). The van der Waals surface area contributed by atoms with Crippen molar-refractivity contribution in [3.63, 3.8) is 0 Å². The summed E-state index contributed by atoms with van der Waals surface area (Å²) in [6.07, 6.45) is 2.31. The van der Waals surface area contributed by atoms with E-state index >= 15 is 0 Å². The summed E-state index contributed by atoms with van der Waals surface area (Å²) in [5.74, 6) is -0.0928. The number of ether oxygens (including phenoxy) is 1. The van der Waals surface area contributed by atoms with E-state index in [2.05, 4.69) is 20.8 Å². The summed E-state index contributed by atoms with van der Waals surface area (Å²) in [6.45, 7) is 3.92. The molecule has 0 aliphatic rings. The minimum absolute atomic E-state index is 0.0928. The zero-order chi connectivity index (χ0) is 14.2. The minimum atomic E-state index is -0.0928. The number of hydrogen-bond acceptors (Lipinski definition) is 5. The largest absolute Gasteiger partial charge is 0.382 e. The van der Waals surface area contributed by atoms with Crippen LogP contribution in [0.5, 0.6) is 0 Å². The van der Waals surface area contributed by atoms with Gasteiger partial charge in [0, 0.05) is 25.3 Å². The van der Waals surface area contributed by atoms with Crippen molar-refractivity contribution in [1.82, 2.24) is 25.5 Å². The third-order valence-corrected chi connectivity index (χ3v) is 2.70. The Hall–Kier alpha value is -2.28. The molecule has 0 saturated heterocycles. The standard InChI is InChI=1S/C13H17N5O2/c1-2-20-9-3-8-14-13(19)11-4-6-12(7-5-11)18-10-15-16-17-18/h4-7,10H,2-3,8-9H2,1H3,(H,14,19). The fourth-order valence-corrected chi connectivity index (χ4v) is 1.67. The fourth-order valence-electron chi connectivity index (χ4n) is 1.67. The molecule has 0 unspecified atom stereocenters. The van der Waals surface area contributed by atoms with E-state index in [0.717, 1.165) is 12.1 Å². The van der Waals surface area contributed by atoms with Gasteiger partial charge in [0.1, 0.15) is 6.33 Å². The Morgan fingerprint density at radius 3 is 2.80 bits per heavy atom. The zero-order valence-electron chi connectivity index (χ0n) is 11.3. The van der Waals surface area contributed by atoms with Crippen LogP contribution in [0.2, 0.25) is 0 Å². The summed E-state index contributed by atoms with van der Waals surface area (Å²) in [7, 11) is 0. The molecule has 1 aromatic carbocycles. The van der Waals surface area contributed by atoms with E-state index < -0.39 is 0 Å². The lowest BCUT2D eigenvalue weighted by Gasteiger charge is -2.06. The van der Waals surface area contributed by atoms with Crippen LogP contribution in [0.3, 0.4) is 0 Å². The predicted octanol–water partition coefficient (Wildman–Crippen LogP) is 0.819. The topological polar surface area (TPSA) is 81.9 Å². The van der Waals surface area contributed by atoms with Gasteiger partial charge in [0.05, 0.1) is 5.69 Å². The molecule has 0 bridgehead atoms. The maximum absolute atomic E-state index is 11.9. The first-order chi connectivity index (χ1) is 9.81. The first-order valence-corrected chi connectivity index (χ1v) is 6.50. The van der Waals surface area contributed by atoms with E-state index in [1.807, 2.05) is 6.92 Å². The molecule has 0 radical (unpaired) electrons. The summed E-state index contributed by atoms with van der Waals surface area (Å²) in [6, 6.07) is 7.08. The summed E-state index contributed by atoms with van der Waals surface area (Å²) in [5.41, 5.74) is 1.42. The van der Waals surface area contributed by atoms with E-state index in [4.69, 9.17) is 4.74 Å². The number of rotatable bonds is 7. The van der Waals surface area contributed by atoms with Gasteiger partial charge in [0.25, 0.3) is 5.91 Å². The van der Waals surface area contributed by atoms with Gasteiger partial charge in [-0.1, -0.05) is 0 Å². The zero-order valence-corrected chi connectivity index (χ0v) is 11.3. The Bertz CT molecular complexity index is 524. The number of hydrogen-bond donors (Lipinski definition) is 1. The van der Waals surface area contributed by atoms with Crippen LogP contribution in [-0.2, 0) is 4.74 Å². The molecule has 7 heteroatoms. The van der Waals surface area contributed by atoms with Crippen molar-refractivity contribution in [3.8, 4) is 5.69 Å². The van der Waals surface area contributed by atoms with E-state index in [-0.39, 0.29) is 5.91 Å². The molecule has 1 heterocycles. The lowest BCUT2D eigenvalue weighted by atomic mass is 10.2. The van der Waals surface area contributed by atoms with Gasteiger partial charge < -0.3 is 10.1 Å². The number of tetrazole rings is 1. The molecule has 0 fully saturated rings. The van der Waals surface area contributed by atoms with Gasteiger partial charge in [-0.2, -0.15) is 0 Å². The van der Waals surface area contributed by atoms with Crippen LogP contribution < -0.4 is 5.32 Å². The summed E-state index contributed by atoms with van der Waals surface area (Å²) >= 11 is 0. The Labute approximate surface area is 116 Å². The minimum Gasteiger partial charge on any atom is -0.382 e. The number of benzene rings is 1. The molecule has 1 amide bonds. The van der Waals surface area contributed by atoms with Gasteiger partial charge >= 0.3 is 0 Å². The molecule has 1 N–H and O–H groups in total. The van der Waals surface area contributed by atoms with Crippen molar-refractivity contribution in [2.24, 2.45) is 0 Å². The molecule has 0 aliphatic carbocycles. The number of nitrogens with one attached hydrogen (secondary N) is 1. The molecule has 2 aromatic rings. The second-order valence-corrected chi connectivity index (χ2v) is 4.11. The van der Waals surface area contributed by atoms with Crippen LogP contribution in [0, 0.1) is 0 Å². The summed E-state index contributed by atoms with van der Waals surface area (Å²) < 4.78 is 6.74. The maximum Gasteiger partial charge on any atom is 0.251 e. The molecule has 20 heavy (non-hydrogen) atoms. The van der Waals surface area contributed by atoms with Crippen LogP contribution in [-0.4, -0.2) is 45.9 Å². The average molecular weight is 275 g/mol. The Kier molecular flexibility index (Phi) is 5.19. The second-order valence-electron chi connectivity index (χ2n) is 4.11. The van der Waals surface area contributed by atoms with Crippen LogP contribution >= 0.6 is 0 Å². The van der Waals surface area contributed by atoms with Gasteiger partial charge in [-0.3, -0.25) is 4.79 Å². The molecule has 0 aliphatic heterocycles. The maximum atomic E-state index is 11.9. The number of nitrogens with zero attached hydrogens (tertiary/aromatic N) is 4. The van der Waals surface area contributed by atoms with Crippen molar-refractivity contribution in [2.45, 2.75) is 13.3 Å². The van der Waals surface area contributed by atoms with Crippen molar-refractivity contribution in [3.05, 3.63) is 36.2 Å². The van der Waals surface area contributed by atoms with Crippen molar-refractivity contribution in [2.75, 3.05) is 19.8 Å².